The van der Waals surface area contributed by atoms with Crippen LogP contribution in [0.5, 0.6) is 0 Å². The van der Waals surface area contributed by atoms with Crippen LogP contribution in [-0.4, -0.2) is 14.5 Å². The first-order valence-electron chi connectivity index (χ1n) is 7.31. The Bertz CT molecular complexity index is 600. The standard InChI is InChI=1S/C16H22N4/c1-16(2)7-4-3-5-15(16)20-11-19-10-14(20)12-9-18-8-6-13(12)17/h6,8-11,15H,3-5,7H2,1-2H3,(H2,17,18). The van der Waals surface area contributed by atoms with E-state index in [-0.39, 0.29) is 0 Å². The molecule has 0 aromatic carbocycles. The zero-order valence-electron chi connectivity index (χ0n) is 12.2. The number of hydrogen-bond donors (Lipinski definition) is 1. The summed E-state index contributed by atoms with van der Waals surface area (Å²) < 4.78 is 2.30. The average Bonchev–Trinajstić information content (AvgIpc) is 2.87. The van der Waals surface area contributed by atoms with E-state index in [1.54, 1.807) is 6.20 Å². The van der Waals surface area contributed by atoms with E-state index in [2.05, 4.69) is 28.4 Å². The van der Waals surface area contributed by atoms with Crippen molar-refractivity contribution in [3.8, 4) is 11.3 Å². The molecular weight excluding hydrogens is 248 g/mol. The van der Waals surface area contributed by atoms with Gasteiger partial charge in [-0.05, 0) is 24.3 Å². The van der Waals surface area contributed by atoms with Gasteiger partial charge in [0.1, 0.15) is 0 Å². The van der Waals surface area contributed by atoms with Crippen LogP contribution >= 0.6 is 0 Å². The van der Waals surface area contributed by atoms with Gasteiger partial charge in [-0.25, -0.2) is 4.98 Å². The van der Waals surface area contributed by atoms with Crippen LogP contribution < -0.4 is 5.73 Å². The number of imidazole rings is 1. The highest BCUT2D eigenvalue weighted by Gasteiger charge is 2.34. The summed E-state index contributed by atoms with van der Waals surface area (Å²) >= 11 is 0. The van der Waals surface area contributed by atoms with Gasteiger partial charge in [0.25, 0.3) is 0 Å². The zero-order chi connectivity index (χ0) is 14.2. The van der Waals surface area contributed by atoms with Crippen molar-refractivity contribution in [3.05, 3.63) is 31.0 Å². The SMILES string of the molecule is CC1(C)CCCCC1n1cncc1-c1cnccc1N. The summed E-state index contributed by atoms with van der Waals surface area (Å²) in [5, 5.41) is 0. The molecule has 0 saturated heterocycles. The minimum absolute atomic E-state index is 0.296. The Morgan fingerprint density at radius 2 is 2.10 bits per heavy atom. The topological polar surface area (TPSA) is 56.7 Å². The van der Waals surface area contributed by atoms with Crippen LogP contribution in [0.4, 0.5) is 5.69 Å². The first-order chi connectivity index (χ1) is 9.59. The van der Waals surface area contributed by atoms with Crippen LogP contribution in [0.2, 0.25) is 0 Å². The van der Waals surface area contributed by atoms with E-state index >= 15 is 0 Å². The summed E-state index contributed by atoms with van der Waals surface area (Å²) in [5.41, 5.74) is 9.21. The molecule has 2 aromatic rings. The van der Waals surface area contributed by atoms with E-state index in [1.165, 1.54) is 25.7 Å². The maximum atomic E-state index is 6.10. The van der Waals surface area contributed by atoms with Crippen LogP contribution in [0.25, 0.3) is 11.3 Å². The van der Waals surface area contributed by atoms with Gasteiger partial charge in [0.05, 0.1) is 18.2 Å². The second-order valence-electron chi connectivity index (χ2n) is 6.40. The molecule has 1 atom stereocenters. The third-order valence-electron chi connectivity index (χ3n) is 4.58. The molecule has 1 aliphatic carbocycles. The van der Waals surface area contributed by atoms with E-state index in [4.69, 9.17) is 5.73 Å². The summed E-state index contributed by atoms with van der Waals surface area (Å²) in [5.74, 6) is 0. The largest absolute Gasteiger partial charge is 0.398 e. The maximum absolute atomic E-state index is 6.10. The summed E-state index contributed by atoms with van der Waals surface area (Å²) in [7, 11) is 0. The zero-order valence-corrected chi connectivity index (χ0v) is 12.2. The average molecular weight is 270 g/mol. The lowest BCUT2D eigenvalue weighted by atomic mass is 9.73. The molecule has 2 N–H and O–H groups in total. The van der Waals surface area contributed by atoms with Gasteiger partial charge < -0.3 is 10.3 Å². The summed E-state index contributed by atoms with van der Waals surface area (Å²) in [6.45, 7) is 4.71. The number of aromatic nitrogens is 3. The van der Waals surface area contributed by atoms with Gasteiger partial charge in [0, 0.05) is 29.7 Å². The van der Waals surface area contributed by atoms with Crippen molar-refractivity contribution in [2.75, 3.05) is 5.73 Å². The molecule has 0 amide bonds. The van der Waals surface area contributed by atoms with E-state index in [9.17, 15) is 0 Å². The Labute approximate surface area is 120 Å². The lowest BCUT2D eigenvalue weighted by molar-refractivity contribution is 0.145. The van der Waals surface area contributed by atoms with Crippen molar-refractivity contribution >= 4 is 5.69 Å². The van der Waals surface area contributed by atoms with Gasteiger partial charge in [0.2, 0.25) is 0 Å². The van der Waals surface area contributed by atoms with Crippen molar-refractivity contribution in [2.24, 2.45) is 5.41 Å². The lowest BCUT2D eigenvalue weighted by Gasteiger charge is -2.40. The van der Waals surface area contributed by atoms with Crippen molar-refractivity contribution < 1.29 is 0 Å². The lowest BCUT2D eigenvalue weighted by Crippen LogP contribution is -2.30. The Balaban J connectivity index is 2.05. The number of anilines is 1. The molecule has 0 bridgehead atoms. The molecule has 2 aromatic heterocycles. The monoisotopic (exact) mass is 270 g/mol. The highest BCUT2D eigenvalue weighted by molar-refractivity contribution is 5.72. The minimum atomic E-state index is 0.296. The molecule has 3 rings (SSSR count). The van der Waals surface area contributed by atoms with Crippen LogP contribution in [0, 0.1) is 5.41 Å². The van der Waals surface area contributed by atoms with Crippen molar-refractivity contribution in [2.45, 2.75) is 45.6 Å². The minimum Gasteiger partial charge on any atom is -0.398 e. The smallest absolute Gasteiger partial charge is 0.0953 e. The fourth-order valence-corrected chi connectivity index (χ4v) is 3.37. The number of rotatable bonds is 2. The molecular formula is C16H22N4. The number of nitrogens with two attached hydrogens (primary N) is 1. The van der Waals surface area contributed by atoms with Crippen molar-refractivity contribution in [3.63, 3.8) is 0 Å². The molecule has 106 valence electrons. The number of pyridine rings is 1. The Hall–Kier alpha value is -1.84. The predicted octanol–water partition coefficient (Wildman–Crippen LogP) is 3.67. The fraction of sp³-hybridized carbons (Fsp3) is 0.500. The molecule has 1 saturated carbocycles. The van der Waals surface area contributed by atoms with E-state index in [0.29, 0.717) is 11.5 Å². The summed E-state index contributed by atoms with van der Waals surface area (Å²) in [4.78, 5) is 8.56. The molecule has 1 fully saturated rings. The van der Waals surface area contributed by atoms with Gasteiger partial charge in [-0.1, -0.05) is 26.7 Å². The second kappa shape index (κ2) is 4.93. The van der Waals surface area contributed by atoms with Gasteiger partial charge in [-0.15, -0.1) is 0 Å². The molecule has 1 aliphatic rings. The highest BCUT2D eigenvalue weighted by atomic mass is 15.1. The second-order valence-corrected chi connectivity index (χ2v) is 6.40. The summed E-state index contributed by atoms with van der Waals surface area (Å²) in [6.07, 6.45) is 12.5. The number of nitrogen functional groups attached to an aromatic ring is 1. The van der Waals surface area contributed by atoms with Gasteiger partial charge in [-0.2, -0.15) is 0 Å². The molecule has 0 aliphatic heterocycles. The van der Waals surface area contributed by atoms with Crippen LogP contribution in [0.1, 0.15) is 45.6 Å². The first-order valence-corrected chi connectivity index (χ1v) is 7.31. The van der Waals surface area contributed by atoms with Crippen LogP contribution in [-0.2, 0) is 0 Å². The van der Waals surface area contributed by atoms with E-state index < -0.39 is 0 Å². The van der Waals surface area contributed by atoms with Gasteiger partial charge in [0.15, 0.2) is 0 Å². The Morgan fingerprint density at radius 3 is 2.85 bits per heavy atom. The third kappa shape index (κ3) is 2.19. The van der Waals surface area contributed by atoms with Crippen LogP contribution in [0.15, 0.2) is 31.0 Å². The molecule has 4 nitrogen and oxygen atoms in total. The van der Waals surface area contributed by atoms with Crippen molar-refractivity contribution in [1.29, 1.82) is 0 Å². The molecule has 4 heteroatoms. The Morgan fingerprint density at radius 1 is 1.25 bits per heavy atom. The quantitative estimate of drug-likeness (QED) is 0.905. The fourth-order valence-electron chi connectivity index (χ4n) is 3.37. The van der Waals surface area contributed by atoms with E-state index in [1.807, 2.05) is 24.8 Å². The number of hydrogen-bond acceptors (Lipinski definition) is 3. The number of nitrogens with zero attached hydrogens (tertiary/aromatic N) is 3. The molecule has 20 heavy (non-hydrogen) atoms. The van der Waals surface area contributed by atoms with Crippen LogP contribution in [0.3, 0.4) is 0 Å². The molecule has 2 heterocycles. The predicted molar refractivity (Wildman–Crippen MR) is 81.2 cm³/mol. The Kier molecular flexibility index (Phi) is 3.24. The highest BCUT2D eigenvalue weighted by Crippen LogP contribution is 2.45. The van der Waals surface area contributed by atoms with Crippen molar-refractivity contribution in [1.82, 2.24) is 14.5 Å². The third-order valence-corrected chi connectivity index (χ3v) is 4.58. The molecule has 0 spiro atoms. The van der Waals surface area contributed by atoms with Gasteiger partial charge >= 0.3 is 0 Å². The van der Waals surface area contributed by atoms with Gasteiger partial charge in [-0.3, -0.25) is 4.98 Å². The normalized spacial score (nSPS) is 21.8. The molecule has 0 radical (unpaired) electrons. The molecule has 1 unspecified atom stereocenters. The van der Waals surface area contributed by atoms with E-state index in [0.717, 1.165) is 16.9 Å². The first kappa shape index (κ1) is 13.2. The maximum Gasteiger partial charge on any atom is 0.0953 e. The summed E-state index contributed by atoms with van der Waals surface area (Å²) in [6, 6.07) is 2.33.